The molecular weight excluding hydrogens is 260 g/mol. The van der Waals surface area contributed by atoms with E-state index in [1.807, 2.05) is 28.6 Å². The summed E-state index contributed by atoms with van der Waals surface area (Å²) < 4.78 is 3.82. The Kier molecular flexibility index (Phi) is 2.78. The molecule has 3 aromatic rings. The summed E-state index contributed by atoms with van der Waals surface area (Å²) in [4.78, 5) is 8.92. The third-order valence-electron chi connectivity index (χ3n) is 3.12. The summed E-state index contributed by atoms with van der Waals surface area (Å²) >= 11 is 1.64. The fourth-order valence-corrected chi connectivity index (χ4v) is 3.02. The Bertz CT molecular complexity index is 735. The van der Waals surface area contributed by atoms with Crippen molar-refractivity contribution in [2.24, 2.45) is 7.05 Å². The van der Waals surface area contributed by atoms with Crippen LogP contribution in [0, 0.1) is 6.92 Å². The Morgan fingerprint density at radius 2 is 2.16 bits per heavy atom. The molecule has 7 heteroatoms. The summed E-state index contributed by atoms with van der Waals surface area (Å²) in [5.41, 5.74) is 9.91. The second-order valence-corrected chi connectivity index (χ2v) is 5.48. The van der Waals surface area contributed by atoms with Gasteiger partial charge in [0.25, 0.3) is 0 Å². The Morgan fingerprint density at radius 1 is 1.37 bits per heavy atom. The number of aromatic nitrogens is 5. The molecule has 0 aromatic carbocycles. The molecule has 0 bridgehead atoms. The van der Waals surface area contributed by atoms with Crippen LogP contribution in [0.5, 0.6) is 0 Å². The molecule has 0 atom stereocenters. The Morgan fingerprint density at radius 3 is 2.79 bits per heavy atom. The van der Waals surface area contributed by atoms with Crippen LogP contribution in [0.25, 0.3) is 11.2 Å². The quantitative estimate of drug-likeness (QED) is 0.790. The zero-order valence-corrected chi connectivity index (χ0v) is 12.0. The van der Waals surface area contributed by atoms with Crippen LogP contribution in [0.3, 0.4) is 0 Å². The summed E-state index contributed by atoms with van der Waals surface area (Å²) in [7, 11) is 1.92. The molecule has 0 saturated heterocycles. The fraction of sp³-hybridized carbons (Fsp3) is 0.417. The number of anilines is 1. The molecular formula is C12H16N6S. The Labute approximate surface area is 114 Å². The number of imidazole rings is 1. The lowest BCUT2D eigenvalue weighted by Gasteiger charge is -2.04. The average Bonchev–Trinajstić information content (AvgIpc) is 3.00. The standard InChI is InChI=1S/C12H16N6S/c1-4-8-10-11(17(3)16-8)18(12(13)15-10)5-9-14-7(2)6-19-9/h6H,4-5H2,1-3H3,(H2,13,15). The summed E-state index contributed by atoms with van der Waals surface area (Å²) in [6.07, 6.45) is 0.851. The molecule has 3 heterocycles. The molecule has 100 valence electrons. The Balaban J connectivity index is 2.12. The van der Waals surface area contributed by atoms with E-state index in [9.17, 15) is 0 Å². The summed E-state index contributed by atoms with van der Waals surface area (Å²) in [5.74, 6) is 0.519. The van der Waals surface area contributed by atoms with Gasteiger partial charge < -0.3 is 5.73 Å². The second-order valence-electron chi connectivity index (χ2n) is 4.53. The smallest absolute Gasteiger partial charge is 0.202 e. The van der Waals surface area contributed by atoms with Gasteiger partial charge in [-0.3, -0.25) is 9.25 Å². The predicted octanol–water partition coefficient (Wildman–Crippen LogP) is 1.73. The molecule has 0 aliphatic heterocycles. The van der Waals surface area contributed by atoms with E-state index < -0.39 is 0 Å². The van der Waals surface area contributed by atoms with Crippen molar-refractivity contribution >= 4 is 28.4 Å². The fourth-order valence-electron chi connectivity index (χ4n) is 2.26. The first-order chi connectivity index (χ1) is 9.10. The van der Waals surface area contributed by atoms with Crippen LogP contribution in [0.2, 0.25) is 0 Å². The number of hydrogen-bond acceptors (Lipinski definition) is 5. The normalized spacial score (nSPS) is 11.5. The molecule has 0 saturated carbocycles. The van der Waals surface area contributed by atoms with E-state index >= 15 is 0 Å². The van der Waals surface area contributed by atoms with Gasteiger partial charge in [-0.05, 0) is 13.3 Å². The molecule has 0 spiro atoms. The van der Waals surface area contributed by atoms with E-state index in [1.54, 1.807) is 11.3 Å². The van der Waals surface area contributed by atoms with E-state index in [4.69, 9.17) is 5.73 Å². The predicted molar refractivity (Wildman–Crippen MR) is 76.2 cm³/mol. The van der Waals surface area contributed by atoms with E-state index in [-0.39, 0.29) is 0 Å². The van der Waals surface area contributed by atoms with E-state index in [0.717, 1.165) is 34.0 Å². The molecule has 0 radical (unpaired) electrons. The van der Waals surface area contributed by atoms with E-state index in [0.29, 0.717) is 12.5 Å². The lowest BCUT2D eigenvalue weighted by Crippen LogP contribution is -2.08. The topological polar surface area (TPSA) is 74.6 Å². The summed E-state index contributed by atoms with van der Waals surface area (Å²) in [6.45, 7) is 4.71. The van der Waals surface area contributed by atoms with Gasteiger partial charge in [0.1, 0.15) is 10.5 Å². The number of nitrogen functional groups attached to an aromatic ring is 1. The van der Waals surface area contributed by atoms with Crippen molar-refractivity contribution < 1.29 is 0 Å². The third kappa shape index (κ3) is 1.90. The van der Waals surface area contributed by atoms with Gasteiger partial charge in [0.15, 0.2) is 5.65 Å². The highest BCUT2D eigenvalue weighted by molar-refractivity contribution is 7.09. The van der Waals surface area contributed by atoms with Gasteiger partial charge in [-0.1, -0.05) is 6.92 Å². The summed E-state index contributed by atoms with van der Waals surface area (Å²) in [6, 6.07) is 0. The van der Waals surface area contributed by atoms with Gasteiger partial charge in [-0.15, -0.1) is 11.3 Å². The lowest BCUT2D eigenvalue weighted by atomic mass is 10.3. The highest BCUT2D eigenvalue weighted by Crippen LogP contribution is 2.23. The van der Waals surface area contributed by atoms with Crippen LogP contribution >= 0.6 is 11.3 Å². The number of hydrogen-bond donors (Lipinski definition) is 1. The highest BCUT2D eigenvalue weighted by Gasteiger charge is 2.17. The van der Waals surface area contributed by atoms with Crippen molar-refractivity contribution in [3.8, 4) is 0 Å². The minimum Gasteiger partial charge on any atom is -0.369 e. The second kappa shape index (κ2) is 4.34. The van der Waals surface area contributed by atoms with Crippen molar-refractivity contribution in [2.45, 2.75) is 26.8 Å². The van der Waals surface area contributed by atoms with Crippen molar-refractivity contribution in [3.63, 3.8) is 0 Å². The zero-order chi connectivity index (χ0) is 13.6. The minimum atomic E-state index is 0.519. The molecule has 0 unspecified atom stereocenters. The lowest BCUT2D eigenvalue weighted by molar-refractivity contribution is 0.717. The molecule has 19 heavy (non-hydrogen) atoms. The van der Waals surface area contributed by atoms with Crippen LogP contribution < -0.4 is 5.73 Å². The number of rotatable bonds is 3. The van der Waals surface area contributed by atoms with Gasteiger partial charge in [0.05, 0.1) is 12.2 Å². The largest absolute Gasteiger partial charge is 0.369 e. The number of nitrogens with two attached hydrogens (primary N) is 1. The van der Waals surface area contributed by atoms with Gasteiger partial charge in [-0.25, -0.2) is 9.97 Å². The monoisotopic (exact) mass is 276 g/mol. The molecule has 0 aliphatic rings. The van der Waals surface area contributed by atoms with Crippen LogP contribution in [-0.4, -0.2) is 24.3 Å². The van der Waals surface area contributed by atoms with Gasteiger partial charge >= 0.3 is 0 Å². The molecule has 3 rings (SSSR count). The van der Waals surface area contributed by atoms with Crippen molar-refractivity contribution in [1.82, 2.24) is 24.3 Å². The first kappa shape index (κ1) is 12.2. The molecule has 0 amide bonds. The van der Waals surface area contributed by atoms with Crippen LogP contribution in [0.15, 0.2) is 5.38 Å². The van der Waals surface area contributed by atoms with Gasteiger partial charge in [0, 0.05) is 18.1 Å². The minimum absolute atomic E-state index is 0.519. The number of aryl methyl sites for hydroxylation is 3. The maximum Gasteiger partial charge on any atom is 0.202 e. The molecule has 6 nitrogen and oxygen atoms in total. The number of nitrogens with zero attached hydrogens (tertiary/aromatic N) is 5. The van der Waals surface area contributed by atoms with E-state index in [1.165, 1.54) is 0 Å². The molecule has 0 fully saturated rings. The highest BCUT2D eigenvalue weighted by atomic mass is 32.1. The van der Waals surface area contributed by atoms with Crippen molar-refractivity contribution in [3.05, 3.63) is 21.8 Å². The number of thiazole rings is 1. The van der Waals surface area contributed by atoms with Crippen LogP contribution in [0.1, 0.15) is 23.3 Å². The average molecular weight is 276 g/mol. The van der Waals surface area contributed by atoms with Gasteiger partial charge in [-0.2, -0.15) is 5.10 Å². The van der Waals surface area contributed by atoms with E-state index in [2.05, 4.69) is 22.0 Å². The van der Waals surface area contributed by atoms with Crippen LogP contribution in [-0.2, 0) is 20.0 Å². The van der Waals surface area contributed by atoms with Crippen LogP contribution in [0.4, 0.5) is 5.95 Å². The summed E-state index contributed by atoms with van der Waals surface area (Å²) in [5, 5.41) is 7.55. The Hall–Kier alpha value is -1.89. The third-order valence-corrected chi connectivity index (χ3v) is 4.07. The zero-order valence-electron chi connectivity index (χ0n) is 11.2. The SMILES string of the molecule is CCc1nn(C)c2c1nc(N)n2Cc1nc(C)cs1. The molecule has 2 N–H and O–H groups in total. The van der Waals surface area contributed by atoms with Crippen molar-refractivity contribution in [1.29, 1.82) is 0 Å². The maximum absolute atomic E-state index is 6.03. The maximum atomic E-state index is 6.03. The van der Waals surface area contributed by atoms with Crippen molar-refractivity contribution in [2.75, 3.05) is 5.73 Å². The molecule has 3 aromatic heterocycles. The first-order valence-electron chi connectivity index (χ1n) is 6.18. The number of fused-ring (bicyclic) bond motifs is 1. The first-order valence-corrected chi connectivity index (χ1v) is 7.06. The van der Waals surface area contributed by atoms with Gasteiger partial charge in [0.2, 0.25) is 5.95 Å². The molecule has 0 aliphatic carbocycles.